The van der Waals surface area contributed by atoms with Gasteiger partial charge in [0.1, 0.15) is 0 Å². The number of hydrogen-bond acceptors (Lipinski definition) is 3. The summed E-state index contributed by atoms with van der Waals surface area (Å²) >= 11 is 0. The standard InChI is InChI=1S/C14H22O3S/c1-4-11(3)14(10-15)12-6-8-13(9-7-12)18(16,17)5-2/h6-9,11,14-15H,4-5,10H2,1-3H3/t11?,14-/m1/s1. The fourth-order valence-corrected chi connectivity index (χ4v) is 2.87. The third kappa shape index (κ3) is 3.33. The van der Waals surface area contributed by atoms with Crippen LogP contribution in [0.1, 0.15) is 38.7 Å². The minimum atomic E-state index is -3.14. The lowest BCUT2D eigenvalue weighted by molar-refractivity contribution is 0.228. The molecule has 0 aliphatic rings. The Bertz CT molecular complexity index is 462. The van der Waals surface area contributed by atoms with Crippen LogP contribution in [0.3, 0.4) is 0 Å². The first-order valence-corrected chi connectivity index (χ1v) is 8.05. The smallest absolute Gasteiger partial charge is 0.178 e. The van der Waals surface area contributed by atoms with Gasteiger partial charge in [0.05, 0.1) is 17.3 Å². The Kier molecular flexibility index (Phi) is 5.35. The van der Waals surface area contributed by atoms with E-state index in [1.807, 2.05) is 12.1 Å². The fourth-order valence-electron chi connectivity index (χ4n) is 1.99. The van der Waals surface area contributed by atoms with Crippen molar-refractivity contribution in [3.05, 3.63) is 29.8 Å². The van der Waals surface area contributed by atoms with Crippen LogP contribution in [0.2, 0.25) is 0 Å². The molecular weight excluding hydrogens is 248 g/mol. The maximum atomic E-state index is 11.7. The largest absolute Gasteiger partial charge is 0.396 e. The molecule has 0 spiro atoms. The predicted molar refractivity (Wildman–Crippen MR) is 73.5 cm³/mol. The first kappa shape index (κ1) is 15.2. The quantitative estimate of drug-likeness (QED) is 0.864. The second-order valence-electron chi connectivity index (χ2n) is 4.65. The van der Waals surface area contributed by atoms with E-state index in [4.69, 9.17) is 0 Å². The highest BCUT2D eigenvalue weighted by atomic mass is 32.2. The van der Waals surface area contributed by atoms with Crippen LogP contribution in [-0.2, 0) is 9.84 Å². The normalized spacial score (nSPS) is 15.3. The molecule has 0 aliphatic heterocycles. The molecule has 1 aromatic carbocycles. The first-order valence-electron chi connectivity index (χ1n) is 6.39. The van der Waals surface area contributed by atoms with Gasteiger partial charge in [-0.15, -0.1) is 0 Å². The Morgan fingerprint density at radius 3 is 2.11 bits per heavy atom. The highest BCUT2D eigenvalue weighted by Gasteiger charge is 2.18. The molecule has 0 aromatic heterocycles. The third-order valence-corrected chi connectivity index (χ3v) is 5.33. The van der Waals surface area contributed by atoms with Crippen molar-refractivity contribution in [1.29, 1.82) is 0 Å². The molecule has 0 heterocycles. The van der Waals surface area contributed by atoms with Crippen molar-refractivity contribution < 1.29 is 13.5 Å². The van der Waals surface area contributed by atoms with Crippen molar-refractivity contribution in [2.45, 2.75) is 38.0 Å². The zero-order valence-electron chi connectivity index (χ0n) is 11.3. The van der Waals surface area contributed by atoms with Crippen molar-refractivity contribution in [2.24, 2.45) is 5.92 Å². The molecule has 1 rings (SSSR count). The van der Waals surface area contributed by atoms with Crippen molar-refractivity contribution in [1.82, 2.24) is 0 Å². The van der Waals surface area contributed by atoms with Gasteiger partial charge >= 0.3 is 0 Å². The molecule has 0 saturated carbocycles. The van der Waals surface area contributed by atoms with Crippen molar-refractivity contribution >= 4 is 9.84 Å². The molecule has 0 amide bonds. The zero-order valence-corrected chi connectivity index (χ0v) is 12.1. The Labute approximate surface area is 110 Å². The maximum absolute atomic E-state index is 11.7. The molecule has 0 saturated heterocycles. The van der Waals surface area contributed by atoms with Crippen molar-refractivity contribution in [3.63, 3.8) is 0 Å². The summed E-state index contributed by atoms with van der Waals surface area (Å²) in [6.07, 6.45) is 0.986. The van der Waals surface area contributed by atoms with Gasteiger partial charge in [0.2, 0.25) is 0 Å². The summed E-state index contributed by atoms with van der Waals surface area (Å²) < 4.78 is 23.4. The van der Waals surface area contributed by atoms with Gasteiger partial charge in [0, 0.05) is 5.92 Å². The lowest BCUT2D eigenvalue weighted by atomic mass is 9.86. The second kappa shape index (κ2) is 6.34. The Morgan fingerprint density at radius 2 is 1.72 bits per heavy atom. The number of hydrogen-bond donors (Lipinski definition) is 1. The van der Waals surface area contributed by atoms with Crippen LogP contribution in [0.5, 0.6) is 0 Å². The number of rotatable bonds is 6. The summed E-state index contributed by atoms with van der Waals surface area (Å²) in [6.45, 7) is 5.91. The van der Waals surface area contributed by atoms with Crippen LogP contribution in [-0.4, -0.2) is 25.9 Å². The zero-order chi connectivity index (χ0) is 13.8. The molecule has 2 atom stereocenters. The summed E-state index contributed by atoms with van der Waals surface area (Å²) in [5.41, 5.74) is 1.00. The van der Waals surface area contributed by atoms with Crippen LogP contribution in [0, 0.1) is 5.92 Å². The van der Waals surface area contributed by atoms with E-state index in [0.29, 0.717) is 10.8 Å². The Balaban J connectivity index is 3.02. The lowest BCUT2D eigenvalue weighted by Crippen LogP contribution is -2.13. The van der Waals surface area contributed by atoms with Gasteiger partial charge in [0.25, 0.3) is 0 Å². The summed E-state index contributed by atoms with van der Waals surface area (Å²) in [6, 6.07) is 6.91. The highest BCUT2D eigenvalue weighted by Crippen LogP contribution is 2.27. The third-order valence-electron chi connectivity index (χ3n) is 3.57. The molecular formula is C14H22O3S. The van der Waals surface area contributed by atoms with E-state index in [2.05, 4.69) is 13.8 Å². The molecule has 4 heteroatoms. The number of benzene rings is 1. The molecule has 3 nitrogen and oxygen atoms in total. The molecule has 1 unspecified atom stereocenters. The SMILES string of the molecule is CCC(C)[C@@H](CO)c1ccc(S(=O)(=O)CC)cc1. The van der Waals surface area contributed by atoms with E-state index >= 15 is 0 Å². The second-order valence-corrected chi connectivity index (χ2v) is 6.93. The van der Waals surface area contributed by atoms with Crippen LogP contribution in [0.25, 0.3) is 0 Å². The van der Waals surface area contributed by atoms with Gasteiger partial charge < -0.3 is 5.11 Å². The fraction of sp³-hybridized carbons (Fsp3) is 0.571. The van der Waals surface area contributed by atoms with E-state index in [1.54, 1.807) is 19.1 Å². The molecule has 0 fully saturated rings. The van der Waals surface area contributed by atoms with E-state index in [-0.39, 0.29) is 18.3 Å². The number of sulfone groups is 1. The lowest BCUT2D eigenvalue weighted by Gasteiger charge is -2.21. The van der Waals surface area contributed by atoms with Crippen molar-refractivity contribution in [2.75, 3.05) is 12.4 Å². The molecule has 1 N–H and O–H groups in total. The van der Waals surface area contributed by atoms with Gasteiger partial charge in [-0.1, -0.05) is 39.3 Å². The molecule has 0 radical (unpaired) electrons. The minimum Gasteiger partial charge on any atom is -0.396 e. The number of aliphatic hydroxyl groups is 1. The van der Waals surface area contributed by atoms with Crippen LogP contribution >= 0.6 is 0 Å². The summed E-state index contributed by atoms with van der Waals surface area (Å²) in [5, 5.41) is 9.44. The molecule has 102 valence electrons. The summed E-state index contributed by atoms with van der Waals surface area (Å²) in [4.78, 5) is 0.356. The van der Waals surface area contributed by atoms with Crippen LogP contribution in [0.15, 0.2) is 29.2 Å². The van der Waals surface area contributed by atoms with Gasteiger partial charge in [-0.3, -0.25) is 0 Å². The van der Waals surface area contributed by atoms with E-state index in [0.717, 1.165) is 12.0 Å². The Hall–Kier alpha value is -0.870. The molecule has 1 aromatic rings. The molecule has 0 bridgehead atoms. The number of aliphatic hydroxyl groups excluding tert-OH is 1. The van der Waals surface area contributed by atoms with Crippen LogP contribution in [0.4, 0.5) is 0 Å². The summed E-state index contributed by atoms with van der Waals surface area (Å²) in [5.74, 6) is 0.568. The average Bonchev–Trinajstić information content (AvgIpc) is 2.40. The predicted octanol–water partition coefficient (Wildman–Crippen LogP) is 2.60. The topological polar surface area (TPSA) is 54.4 Å². The van der Waals surface area contributed by atoms with E-state index in [1.165, 1.54) is 0 Å². The first-order chi connectivity index (χ1) is 8.46. The van der Waals surface area contributed by atoms with E-state index in [9.17, 15) is 13.5 Å². The van der Waals surface area contributed by atoms with Gasteiger partial charge in [-0.25, -0.2) is 8.42 Å². The molecule has 0 aliphatic carbocycles. The Morgan fingerprint density at radius 1 is 1.17 bits per heavy atom. The maximum Gasteiger partial charge on any atom is 0.178 e. The molecule has 18 heavy (non-hydrogen) atoms. The highest BCUT2D eigenvalue weighted by molar-refractivity contribution is 7.91. The van der Waals surface area contributed by atoms with Gasteiger partial charge in [-0.05, 0) is 23.6 Å². The summed E-state index contributed by atoms with van der Waals surface area (Å²) in [7, 11) is -3.14. The minimum absolute atomic E-state index is 0.0772. The van der Waals surface area contributed by atoms with Gasteiger partial charge in [0.15, 0.2) is 9.84 Å². The van der Waals surface area contributed by atoms with Crippen molar-refractivity contribution in [3.8, 4) is 0 Å². The van der Waals surface area contributed by atoms with Gasteiger partial charge in [-0.2, -0.15) is 0 Å². The average molecular weight is 270 g/mol. The van der Waals surface area contributed by atoms with Crippen LogP contribution < -0.4 is 0 Å². The monoisotopic (exact) mass is 270 g/mol. The van der Waals surface area contributed by atoms with E-state index < -0.39 is 9.84 Å².